The van der Waals surface area contributed by atoms with Gasteiger partial charge in [-0.25, -0.2) is 0 Å². The first-order valence-corrected chi connectivity index (χ1v) is 14.7. The van der Waals surface area contributed by atoms with Crippen LogP contribution < -0.4 is 0 Å². The Morgan fingerprint density at radius 1 is 0.512 bits per heavy atom. The monoisotopic (exact) mass is 552 g/mol. The molecule has 4 nitrogen and oxygen atoms in total. The van der Waals surface area contributed by atoms with Gasteiger partial charge in [-0.05, 0) is 104 Å². The third kappa shape index (κ3) is 4.48. The molecular formula is C39H28N4. The first-order valence-electron chi connectivity index (χ1n) is 14.7. The van der Waals surface area contributed by atoms with Crippen LogP contribution in [0.15, 0.2) is 128 Å². The fourth-order valence-electron chi connectivity index (χ4n) is 6.46. The predicted molar refractivity (Wildman–Crippen MR) is 176 cm³/mol. The summed E-state index contributed by atoms with van der Waals surface area (Å²) in [7, 11) is 0. The van der Waals surface area contributed by atoms with Gasteiger partial charge in [0, 0.05) is 30.4 Å². The lowest BCUT2D eigenvalue weighted by atomic mass is 9.77. The second kappa shape index (κ2) is 10.4. The van der Waals surface area contributed by atoms with E-state index in [0.717, 1.165) is 40.3 Å². The number of rotatable bonds is 4. The molecule has 0 fully saturated rings. The Labute approximate surface area is 250 Å². The van der Waals surface area contributed by atoms with Crippen molar-refractivity contribution in [3.8, 4) is 33.9 Å². The first kappa shape index (κ1) is 25.2. The second-order valence-electron chi connectivity index (χ2n) is 11.2. The Morgan fingerprint density at radius 2 is 1.12 bits per heavy atom. The lowest BCUT2D eigenvalue weighted by Crippen LogP contribution is -2.06. The molecule has 0 amide bonds. The quantitative estimate of drug-likeness (QED) is 0.204. The highest BCUT2D eigenvalue weighted by molar-refractivity contribution is 6.15. The normalized spacial score (nSPS) is 14.4. The van der Waals surface area contributed by atoms with Crippen LogP contribution in [0.25, 0.3) is 67.1 Å². The number of aromatic nitrogens is 4. The summed E-state index contributed by atoms with van der Waals surface area (Å²) in [6, 6.07) is 36.0. The fourth-order valence-corrected chi connectivity index (χ4v) is 6.46. The number of fused-ring (bicyclic) bond motifs is 6. The van der Waals surface area contributed by atoms with E-state index in [2.05, 4.69) is 89.7 Å². The Kier molecular flexibility index (Phi) is 6.11. The van der Waals surface area contributed by atoms with E-state index in [4.69, 9.17) is 9.97 Å². The topological polar surface area (TPSA) is 51.6 Å². The van der Waals surface area contributed by atoms with Gasteiger partial charge in [0.1, 0.15) is 0 Å². The minimum absolute atomic E-state index is 0.364. The largest absolute Gasteiger partial charge is 0.255 e. The maximum Gasteiger partial charge on any atom is 0.0886 e. The molecule has 1 atom stereocenters. The Balaban J connectivity index is 1.22. The van der Waals surface area contributed by atoms with Crippen LogP contribution in [0.3, 0.4) is 0 Å². The van der Waals surface area contributed by atoms with Crippen molar-refractivity contribution in [1.29, 1.82) is 0 Å². The van der Waals surface area contributed by atoms with Crippen molar-refractivity contribution >= 4 is 33.2 Å². The van der Waals surface area contributed by atoms with Crippen LogP contribution >= 0.6 is 0 Å². The van der Waals surface area contributed by atoms with E-state index in [1.165, 1.54) is 43.8 Å². The van der Waals surface area contributed by atoms with Crippen LogP contribution in [0.4, 0.5) is 0 Å². The third-order valence-corrected chi connectivity index (χ3v) is 8.53. The molecule has 7 aromatic rings. The summed E-state index contributed by atoms with van der Waals surface area (Å²) in [5.41, 5.74) is 11.0. The summed E-state index contributed by atoms with van der Waals surface area (Å²) in [6.07, 6.45) is 10.9. The van der Waals surface area contributed by atoms with Crippen LogP contribution in [0, 0.1) is 0 Å². The van der Waals surface area contributed by atoms with Crippen molar-refractivity contribution in [3.63, 3.8) is 0 Å². The van der Waals surface area contributed by atoms with Crippen molar-refractivity contribution in [1.82, 2.24) is 19.9 Å². The van der Waals surface area contributed by atoms with E-state index in [1.807, 2.05) is 55.0 Å². The van der Waals surface area contributed by atoms with E-state index >= 15 is 0 Å². The first-order chi connectivity index (χ1) is 21.2. The molecule has 4 heteroatoms. The van der Waals surface area contributed by atoms with Crippen molar-refractivity contribution in [3.05, 3.63) is 145 Å². The van der Waals surface area contributed by atoms with Gasteiger partial charge in [-0.2, -0.15) is 0 Å². The molecule has 43 heavy (non-hydrogen) atoms. The second-order valence-corrected chi connectivity index (χ2v) is 11.2. The molecule has 8 rings (SSSR count). The molecule has 0 radical (unpaired) electrons. The van der Waals surface area contributed by atoms with Crippen molar-refractivity contribution < 1.29 is 0 Å². The zero-order chi connectivity index (χ0) is 28.8. The SMILES string of the molecule is CC1CC(c2ccc(-c3ccccn3)nc2)=Cc2c1c1ccc(-c3ccc(-c4ccccn4)nc3)cc1c1ccccc21. The van der Waals surface area contributed by atoms with Gasteiger partial charge in [-0.15, -0.1) is 0 Å². The van der Waals surface area contributed by atoms with E-state index in [-0.39, 0.29) is 0 Å². The summed E-state index contributed by atoms with van der Waals surface area (Å²) in [4.78, 5) is 18.4. The lowest BCUT2D eigenvalue weighted by Gasteiger charge is -2.27. The number of nitrogens with zero attached hydrogens (tertiary/aromatic N) is 4. The third-order valence-electron chi connectivity index (χ3n) is 8.53. The van der Waals surface area contributed by atoms with Crippen molar-refractivity contribution in [2.45, 2.75) is 19.3 Å². The van der Waals surface area contributed by atoms with E-state index in [9.17, 15) is 0 Å². The van der Waals surface area contributed by atoms with Gasteiger partial charge in [0.05, 0.1) is 22.8 Å². The van der Waals surface area contributed by atoms with Crippen LogP contribution in [0.5, 0.6) is 0 Å². The maximum absolute atomic E-state index is 4.77. The molecule has 4 aromatic heterocycles. The van der Waals surface area contributed by atoms with Crippen LogP contribution in [-0.2, 0) is 0 Å². The van der Waals surface area contributed by atoms with Gasteiger partial charge in [0.2, 0.25) is 0 Å². The number of hydrogen-bond donors (Lipinski definition) is 0. The van der Waals surface area contributed by atoms with E-state index in [1.54, 1.807) is 6.20 Å². The Hall–Kier alpha value is -5.48. The summed E-state index contributed by atoms with van der Waals surface area (Å²) in [5.74, 6) is 0.364. The van der Waals surface area contributed by atoms with E-state index < -0.39 is 0 Å². The molecule has 4 heterocycles. The van der Waals surface area contributed by atoms with Crippen molar-refractivity contribution in [2.24, 2.45) is 0 Å². The van der Waals surface area contributed by atoms with Gasteiger partial charge in [-0.3, -0.25) is 19.9 Å². The van der Waals surface area contributed by atoms with E-state index in [0.29, 0.717) is 5.92 Å². The average Bonchev–Trinajstić information content (AvgIpc) is 3.09. The van der Waals surface area contributed by atoms with Crippen LogP contribution in [0.2, 0.25) is 0 Å². The minimum Gasteiger partial charge on any atom is -0.255 e. The molecule has 0 saturated heterocycles. The molecule has 1 aliphatic carbocycles. The summed E-state index contributed by atoms with van der Waals surface area (Å²) >= 11 is 0. The summed E-state index contributed by atoms with van der Waals surface area (Å²) < 4.78 is 0. The molecule has 204 valence electrons. The highest BCUT2D eigenvalue weighted by Gasteiger charge is 2.24. The van der Waals surface area contributed by atoms with Crippen LogP contribution in [-0.4, -0.2) is 19.9 Å². The molecule has 0 aliphatic heterocycles. The number of benzene rings is 3. The molecule has 0 bridgehead atoms. The number of hydrogen-bond acceptors (Lipinski definition) is 4. The molecule has 0 N–H and O–H groups in total. The molecule has 0 saturated carbocycles. The molecule has 1 aliphatic rings. The molecule has 1 unspecified atom stereocenters. The van der Waals surface area contributed by atoms with Gasteiger partial charge in [0.25, 0.3) is 0 Å². The average molecular weight is 553 g/mol. The zero-order valence-corrected chi connectivity index (χ0v) is 23.8. The number of pyridine rings is 4. The van der Waals surface area contributed by atoms with Gasteiger partial charge >= 0.3 is 0 Å². The smallest absolute Gasteiger partial charge is 0.0886 e. The highest BCUT2D eigenvalue weighted by Crippen LogP contribution is 2.46. The minimum atomic E-state index is 0.364. The standard InChI is InChI=1S/C39H28N4/c1-25-20-29(28-14-17-38(43-24-28)36-11-5-7-19-41-36)22-34-31-9-3-2-8-30(31)33-21-26(12-15-32(33)39(25)34)27-13-16-37(42-23-27)35-10-4-6-18-40-35/h2-19,21-25H,20H2,1H3. The molecule has 3 aromatic carbocycles. The number of allylic oxidation sites excluding steroid dienone is 1. The zero-order valence-electron chi connectivity index (χ0n) is 23.8. The summed E-state index contributed by atoms with van der Waals surface area (Å²) in [5, 5.41) is 5.16. The fraction of sp³-hybridized carbons (Fsp3) is 0.0769. The van der Waals surface area contributed by atoms with Gasteiger partial charge < -0.3 is 0 Å². The van der Waals surface area contributed by atoms with Crippen molar-refractivity contribution in [2.75, 3.05) is 0 Å². The lowest BCUT2D eigenvalue weighted by molar-refractivity contribution is 0.792. The maximum atomic E-state index is 4.77. The summed E-state index contributed by atoms with van der Waals surface area (Å²) in [6.45, 7) is 2.35. The molecular weight excluding hydrogens is 524 g/mol. The highest BCUT2D eigenvalue weighted by atomic mass is 14.8. The van der Waals surface area contributed by atoms with Crippen LogP contribution in [0.1, 0.15) is 36.0 Å². The Morgan fingerprint density at radius 3 is 1.74 bits per heavy atom. The molecule has 0 spiro atoms. The Bertz CT molecular complexity index is 2130. The van der Waals surface area contributed by atoms with Gasteiger partial charge in [0.15, 0.2) is 0 Å². The predicted octanol–water partition coefficient (Wildman–Crippen LogP) is 9.62. The van der Waals surface area contributed by atoms with Gasteiger partial charge in [-0.1, -0.05) is 73.7 Å².